The standard InChI is InChI=1S/C27H20IN3O5/c1-16(27(33)34-2)35-23-12-11-17(13-20(23)28)15-29-31-25(24-14-18-7-3-6-10-22(18)36-24)30-21-9-5-4-8-19(21)26(31)32/h3-16H,1-2H3/t16-/m0/s1. The molecule has 180 valence electrons. The van der Waals surface area contributed by atoms with Crippen LogP contribution in [-0.2, 0) is 9.53 Å². The molecule has 5 aromatic rings. The summed E-state index contributed by atoms with van der Waals surface area (Å²) in [5, 5.41) is 5.83. The van der Waals surface area contributed by atoms with Gasteiger partial charge in [0.25, 0.3) is 5.56 Å². The van der Waals surface area contributed by atoms with Crippen LogP contribution in [-0.4, -0.2) is 35.1 Å². The first-order valence-corrected chi connectivity index (χ1v) is 12.1. The number of esters is 1. The summed E-state index contributed by atoms with van der Waals surface area (Å²) in [4.78, 5) is 29.8. The normalized spacial score (nSPS) is 12.3. The van der Waals surface area contributed by atoms with Gasteiger partial charge in [-0.1, -0.05) is 30.3 Å². The minimum absolute atomic E-state index is 0.299. The molecule has 0 radical (unpaired) electrons. The van der Waals surface area contributed by atoms with Gasteiger partial charge in [0.2, 0.25) is 5.82 Å². The van der Waals surface area contributed by atoms with E-state index in [9.17, 15) is 9.59 Å². The number of hydrogen-bond acceptors (Lipinski definition) is 7. The van der Waals surface area contributed by atoms with E-state index in [-0.39, 0.29) is 5.56 Å². The number of halogens is 1. The number of aromatic nitrogens is 2. The summed E-state index contributed by atoms with van der Waals surface area (Å²) < 4.78 is 18.4. The molecule has 0 aliphatic carbocycles. The van der Waals surface area contributed by atoms with Crippen molar-refractivity contribution in [1.82, 2.24) is 9.66 Å². The third-order valence-corrected chi connectivity index (χ3v) is 6.36. The van der Waals surface area contributed by atoms with Crippen molar-refractivity contribution < 1.29 is 18.7 Å². The molecule has 0 saturated heterocycles. The van der Waals surface area contributed by atoms with Crippen molar-refractivity contribution >= 4 is 56.6 Å². The summed E-state index contributed by atoms with van der Waals surface area (Å²) in [5.74, 6) is 0.815. The maximum Gasteiger partial charge on any atom is 0.346 e. The van der Waals surface area contributed by atoms with Crippen LogP contribution in [0.5, 0.6) is 5.75 Å². The summed E-state index contributed by atoms with van der Waals surface area (Å²) in [7, 11) is 1.32. The SMILES string of the molecule is COC(=O)[C@H](C)Oc1ccc(C=Nn2c(-c3cc4ccccc4o3)nc3ccccc3c2=O)cc1I. The molecule has 0 amide bonds. The highest BCUT2D eigenvalue weighted by Gasteiger charge is 2.18. The molecule has 0 unspecified atom stereocenters. The fourth-order valence-corrected chi connectivity index (χ4v) is 4.37. The van der Waals surface area contributed by atoms with Crippen LogP contribution >= 0.6 is 22.6 Å². The lowest BCUT2D eigenvalue weighted by atomic mass is 10.2. The monoisotopic (exact) mass is 593 g/mol. The van der Waals surface area contributed by atoms with Gasteiger partial charge in [0.1, 0.15) is 11.3 Å². The molecule has 0 bridgehead atoms. The largest absolute Gasteiger partial charge is 0.478 e. The topological polar surface area (TPSA) is 95.9 Å². The highest BCUT2D eigenvalue weighted by molar-refractivity contribution is 14.1. The first-order chi connectivity index (χ1) is 17.4. The highest BCUT2D eigenvalue weighted by Crippen LogP contribution is 2.27. The number of benzene rings is 3. The minimum atomic E-state index is -0.739. The van der Waals surface area contributed by atoms with E-state index in [4.69, 9.17) is 18.9 Å². The number of hydrogen-bond donors (Lipinski definition) is 0. The molecule has 0 aliphatic heterocycles. The number of methoxy groups -OCH3 is 1. The van der Waals surface area contributed by atoms with Gasteiger partial charge in [-0.05, 0) is 77.5 Å². The molecule has 0 N–H and O–H groups in total. The minimum Gasteiger partial charge on any atom is -0.478 e. The van der Waals surface area contributed by atoms with E-state index in [0.717, 1.165) is 14.5 Å². The Balaban J connectivity index is 1.56. The maximum atomic E-state index is 13.4. The first kappa shape index (κ1) is 23.7. The van der Waals surface area contributed by atoms with Crippen molar-refractivity contribution in [3.63, 3.8) is 0 Å². The zero-order chi connectivity index (χ0) is 25.2. The first-order valence-electron chi connectivity index (χ1n) is 11.0. The Morgan fingerprint density at radius 1 is 1.11 bits per heavy atom. The van der Waals surface area contributed by atoms with Crippen molar-refractivity contribution in [1.29, 1.82) is 0 Å². The molecule has 8 nitrogen and oxygen atoms in total. The quantitative estimate of drug-likeness (QED) is 0.152. The van der Waals surface area contributed by atoms with Crippen molar-refractivity contribution in [3.05, 3.63) is 92.3 Å². The number of furan rings is 1. The predicted molar refractivity (Wildman–Crippen MR) is 145 cm³/mol. The molecule has 3 aromatic carbocycles. The third-order valence-electron chi connectivity index (χ3n) is 5.51. The molecule has 0 fully saturated rings. The Morgan fingerprint density at radius 2 is 1.89 bits per heavy atom. The van der Waals surface area contributed by atoms with Crippen LogP contribution in [0.3, 0.4) is 0 Å². The third kappa shape index (κ3) is 4.61. The van der Waals surface area contributed by atoms with Crippen LogP contribution < -0.4 is 10.3 Å². The zero-order valence-electron chi connectivity index (χ0n) is 19.3. The zero-order valence-corrected chi connectivity index (χ0v) is 21.5. The molecule has 0 spiro atoms. The lowest BCUT2D eigenvalue weighted by Crippen LogP contribution is -2.25. The van der Waals surface area contributed by atoms with Crippen LogP contribution in [0.4, 0.5) is 0 Å². The maximum absolute atomic E-state index is 13.4. The molecule has 1 atom stereocenters. The van der Waals surface area contributed by atoms with Gasteiger partial charge in [-0.2, -0.15) is 9.78 Å². The van der Waals surface area contributed by atoms with E-state index in [1.807, 2.05) is 42.5 Å². The van der Waals surface area contributed by atoms with E-state index >= 15 is 0 Å². The predicted octanol–water partition coefficient (Wildman–Crippen LogP) is 5.24. The summed E-state index contributed by atoms with van der Waals surface area (Å²) in [6.07, 6.45) is 0.830. The number of ether oxygens (including phenoxy) is 2. The number of nitrogens with zero attached hydrogens (tertiary/aromatic N) is 3. The van der Waals surface area contributed by atoms with Gasteiger partial charge in [0.05, 0.1) is 27.8 Å². The molecule has 2 heterocycles. The summed E-state index contributed by atoms with van der Waals surface area (Å²) >= 11 is 2.12. The van der Waals surface area contributed by atoms with Crippen molar-refractivity contribution in [2.45, 2.75) is 13.0 Å². The Hall–Kier alpha value is -3.99. The number of fused-ring (bicyclic) bond motifs is 2. The van der Waals surface area contributed by atoms with E-state index in [1.165, 1.54) is 11.8 Å². The van der Waals surface area contributed by atoms with Crippen LogP contribution in [0, 0.1) is 3.57 Å². The average Bonchev–Trinajstić information content (AvgIpc) is 3.33. The number of rotatable bonds is 6. The molecule has 9 heteroatoms. The Morgan fingerprint density at radius 3 is 2.67 bits per heavy atom. The second kappa shape index (κ2) is 9.94. The second-order valence-electron chi connectivity index (χ2n) is 7.94. The molecular formula is C27H20IN3O5. The van der Waals surface area contributed by atoms with E-state index in [1.54, 1.807) is 43.5 Å². The number of carbonyl (C=O) groups is 1. The lowest BCUT2D eigenvalue weighted by Gasteiger charge is -2.14. The molecule has 2 aromatic heterocycles. The molecule has 0 aliphatic rings. The van der Waals surface area contributed by atoms with Crippen LogP contribution in [0.1, 0.15) is 12.5 Å². The van der Waals surface area contributed by atoms with Crippen molar-refractivity contribution in [2.24, 2.45) is 5.10 Å². The van der Waals surface area contributed by atoms with Gasteiger partial charge in [-0.25, -0.2) is 9.78 Å². The van der Waals surface area contributed by atoms with Gasteiger partial charge >= 0.3 is 5.97 Å². The summed E-state index contributed by atoms with van der Waals surface area (Å²) in [6, 6.07) is 21.9. The Kier molecular flexibility index (Phi) is 6.55. The van der Waals surface area contributed by atoms with Crippen LogP contribution in [0.2, 0.25) is 0 Å². The molecule has 0 saturated carbocycles. The summed E-state index contributed by atoms with van der Waals surface area (Å²) in [5.41, 5.74) is 1.67. The second-order valence-corrected chi connectivity index (χ2v) is 9.10. The lowest BCUT2D eigenvalue weighted by molar-refractivity contribution is -0.147. The Bertz CT molecular complexity index is 1660. The van der Waals surface area contributed by atoms with Crippen molar-refractivity contribution in [3.8, 4) is 17.3 Å². The van der Waals surface area contributed by atoms with E-state index in [0.29, 0.717) is 33.8 Å². The van der Waals surface area contributed by atoms with Crippen LogP contribution in [0.25, 0.3) is 33.5 Å². The smallest absolute Gasteiger partial charge is 0.346 e. The van der Waals surface area contributed by atoms with E-state index < -0.39 is 12.1 Å². The van der Waals surface area contributed by atoms with Gasteiger partial charge in [-0.3, -0.25) is 4.79 Å². The van der Waals surface area contributed by atoms with Gasteiger partial charge in [-0.15, -0.1) is 0 Å². The van der Waals surface area contributed by atoms with E-state index in [2.05, 4.69) is 27.7 Å². The number of para-hydroxylation sites is 2. The van der Waals surface area contributed by atoms with Gasteiger partial charge in [0, 0.05) is 5.39 Å². The molecular weight excluding hydrogens is 573 g/mol. The van der Waals surface area contributed by atoms with Gasteiger partial charge < -0.3 is 13.9 Å². The van der Waals surface area contributed by atoms with Gasteiger partial charge in [0.15, 0.2) is 11.9 Å². The van der Waals surface area contributed by atoms with Crippen molar-refractivity contribution in [2.75, 3.05) is 7.11 Å². The fourth-order valence-electron chi connectivity index (χ4n) is 3.70. The molecule has 5 rings (SSSR count). The molecule has 36 heavy (non-hydrogen) atoms. The highest BCUT2D eigenvalue weighted by atomic mass is 127. The Labute approximate surface area is 219 Å². The number of carbonyl (C=O) groups excluding carboxylic acids is 1. The fraction of sp³-hybridized carbons (Fsp3) is 0.111. The average molecular weight is 593 g/mol. The summed E-state index contributed by atoms with van der Waals surface area (Å²) in [6.45, 7) is 1.62. The van der Waals surface area contributed by atoms with Crippen LogP contribution in [0.15, 0.2) is 87.1 Å².